The van der Waals surface area contributed by atoms with Gasteiger partial charge in [0, 0.05) is 0 Å². The minimum absolute atomic E-state index is 0.519. The Bertz CT molecular complexity index is 1040. The van der Waals surface area contributed by atoms with E-state index in [2.05, 4.69) is 62.3 Å². The van der Waals surface area contributed by atoms with Crippen LogP contribution in [-0.2, 0) is 0 Å². The molecule has 16 atom stereocenters. The Labute approximate surface area is 164 Å². The molecule has 0 N–H and O–H groups in total. The van der Waals surface area contributed by atoms with Crippen molar-refractivity contribution in [2.75, 3.05) is 0 Å². The quantitative estimate of drug-likeness (QED) is 0.507. The first-order chi connectivity index (χ1) is 12.4. The first kappa shape index (κ1) is 14.1. The van der Waals surface area contributed by atoms with Crippen LogP contribution in [0, 0.1) is 95.6 Å². The smallest absolute Gasteiger partial charge is 0.00570 e. The molecule has 144 valence electrons. The van der Waals surface area contributed by atoms with Gasteiger partial charge in [-0.25, -0.2) is 0 Å². The maximum Gasteiger partial charge on any atom is -0.00570 e. The molecule has 0 aliphatic heterocycles. The SMILES string of the molecule is C[C@@H]1[C@@H]2C[C@H]3[C@H]4[C@H]5[C@H]6[C@@H](C)[C@]7(C)C(C)(C)[C@@]8(C)[C@@]9(C)[C@@]%10(C)[C@]1(C)[C@@]32[C@]4%10[C@]59[C@]687. The van der Waals surface area contributed by atoms with Gasteiger partial charge in [0.15, 0.2) is 0 Å². The lowest BCUT2D eigenvalue weighted by atomic mass is 8.69. The highest BCUT2D eigenvalue weighted by Crippen LogP contribution is 3.35. The van der Waals surface area contributed by atoms with Gasteiger partial charge in [-0.15, -0.1) is 0 Å². The van der Waals surface area contributed by atoms with Crippen molar-refractivity contribution >= 4 is 0 Å². The van der Waals surface area contributed by atoms with Crippen LogP contribution in [0.25, 0.3) is 0 Å². The summed E-state index contributed by atoms with van der Waals surface area (Å²) in [4.78, 5) is 0. The molecule has 0 aromatic heterocycles. The van der Waals surface area contributed by atoms with E-state index in [1.807, 2.05) is 0 Å². The molecule has 10 fully saturated rings. The predicted octanol–water partition coefficient (Wildman–Crippen LogP) is 5.87. The van der Waals surface area contributed by atoms with Gasteiger partial charge < -0.3 is 0 Å². The lowest BCUT2D eigenvalue weighted by Crippen LogP contribution is -3.31. The monoisotopic (exact) mass is 360 g/mol. The lowest BCUT2D eigenvalue weighted by molar-refractivity contribution is -0.884. The van der Waals surface area contributed by atoms with Crippen molar-refractivity contribution in [1.29, 1.82) is 0 Å². The second-order valence-electron chi connectivity index (χ2n) is 15.3. The number of rotatable bonds is 0. The summed E-state index contributed by atoms with van der Waals surface area (Å²) in [7, 11) is 0. The fourth-order valence-electron chi connectivity index (χ4n) is 19.7. The normalized spacial score (nSPS) is 97.4. The Morgan fingerprint density at radius 1 is 0.556 bits per heavy atom. The van der Waals surface area contributed by atoms with E-state index in [9.17, 15) is 0 Å². The molecule has 0 radical (unpaired) electrons. The summed E-state index contributed by atoms with van der Waals surface area (Å²) in [5.41, 5.74) is 7.01. The van der Waals surface area contributed by atoms with Crippen LogP contribution in [-0.4, -0.2) is 0 Å². The zero-order chi connectivity index (χ0) is 18.7. The number of hydrogen-bond acceptors (Lipinski definition) is 0. The molecule has 10 saturated carbocycles. The van der Waals surface area contributed by atoms with E-state index in [4.69, 9.17) is 0 Å². The summed E-state index contributed by atoms with van der Waals surface area (Å²) >= 11 is 0. The van der Waals surface area contributed by atoms with E-state index in [1.165, 1.54) is 17.8 Å². The zero-order valence-corrected chi connectivity index (χ0v) is 18.7. The molecule has 0 heteroatoms. The Morgan fingerprint density at radius 2 is 1.22 bits per heavy atom. The molecule has 0 aromatic carbocycles. The average Bonchev–Trinajstić information content (AvgIpc) is 2.59. The van der Waals surface area contributed by atoms with E-state index >= 15 is 0 Å². The maximum absolute atomic E-state index is 2.87. The van der Waals surface area contributed by atoms with Crippen molar-refractivity contribution in [2.24, 2.45) is 95.6 Å². The van der Waals surface area contributed by atoms with E-state index in [0.29, 0.717) is 32.5 Å². The largest absolute Gasteiger partial charge is 0.0617 e. The van der Waals surface area contributed by atoms with Crippen LogP contribution in [0.15, 0.2) is 0 Å². The Morgan fingerprint density at radius 3 is 1.89 bits per heavy atom. The van der Waals surface area contributed by atoms with Crippen LogP contribution in [0.1, 0.15) is 68.7 Å². The maximum atomic E-state index is 2.87. The van der Waals surface area contributed by atoms with Gasteiger partial charge in [-0.05, 0) is 102 Å². The lowest BCUT2D eigenvalue weighted by Gasteiger charge is -3.34. The molecular weight excluding hydrogens is 324 g/mol. The molecule has 0 heterocycles. The van der Waals surface area contributed by atoms with Gasteiger partial charge in [-0.2, -0.15) is 0 Å². The van der Waals surface area contributed by atoms with Gasteiger partial charge in [0.1, 0.15) is 0 Å². The van der Waals surface area contributed by atoms with Crippen LogP contribution < -0.4 is 0 Å². The first-order valence-electron chi connectivity index (χ1n) is 12.4. The standard InChI is InChI=1S/C27H36/c1-11-13-10-14-16-17-15-12(2)19(5)18(3,4)21(7)23(9)22(8)20(11,6)24(13,14)26(16,22)27(17,23)25(15,19)21/h11-17H,10H2,1-9H3/t11-,12-,13+,14+,15-,16+,17-,19-,20-,21+,22-,23+,24+,25+,26+,27-/m1/s1. The molecular formula is C27H36. The molecule has 10 rings (SSSR count). The molecule has 0 amide bonds. The molecule has 0 nitrogen and oxygen atoms in total. The van der Waals surface area contributed by atoms with Crippen LogP contribution >= 0.6 is 0 Å². The van der Waals surface area contributed by atoms with Crippen LogP contribution in [0.5, 0.6) is 0 Å². The van der Waals surface area contributed by atoms with Crippen molar-refractivity contribution in [3.05, 3.63) is 0 Å². The van der Waals surface area contributed by atoms with Crippen LogP contribution in [0.2, 0.25) is 0 Å². The minimum Gasteiger partial charge on any atom is -0.0617 e. The van der Waals surface area contributed by atoms with E-state index in [0.717, 1.165) is 45.3 Å². The van der Waals surface area contributed by atoms with Crippen LogP contribution in [0.4, 0.5) is 0 Å². The predicted molar refractivity (Wildman–Crippen MR) is 104 cm³/mol. The van der Waals surface area contributed by atoms with Crippen molar-refractivity contribution in [2.45, 2.75) is 68.7 Å². The van der Waals surface area contributed by atoms with Gasteiger partial charge in [0.05, 0.1) is 0 Å². The number of fused-ring (bicyclic) bond motifs is 6. The minimum atomic E-state index is 0.519. The second-order valence-corrected chi connectivity index (χ2v) is 15.3. The summed E-state index contributed by atoms with van der Waals surface area (Å²) < 4.78 is 0. The van der Waals surface area contributed by atoms with Crippen LogP contribution in [0.3, 0.4) is 0 Å². The molecule has 0 aromatic rings. The second kappa shape index (κ2) is 2.42. The Balaban J connectivity index is 1.35. The summed E-state index contributed by atoms with van der Waals surface area (Å²) in [6.07, 6.45) is 1.64. The van der Waals surface area contributed by atoms with E-state index in [1.54, 1.807) is 6.42 Å². The van der Waals surface area contributed by atoms with Gasteiger partial charge >= 0.3 is 0 Å². The van der Waals surface area contributed by atoms with E-state index in [-0.39, 0.29) is 0 Å². The highest BCUT2D eigenvalue weighted by molar-refractivity contribution is 5.78. The Hall–Kier alpha value is 0. The topological polar surface area (TPSA) is 0 Å². The van der Waals surface area contributed by atoms with Crippen molar-refractivity contribution < 1.29 is 0 Å². The zero-order valence-electron chi connectivity index (χ0n) is 18.7. The fourth-order valence-corrected chi connectivity index (χ4v) is 19.7. The van der Waals surface area contributed by atoms with Gasteiger partial charge in [0.2, 0.25) is 0 Å². The summed E-state index contributed by atoms with van der Waals surface area (Å²) in [6.45, 7) is 24.9. The van der Waals surface area contributed by atoms with Gasteiger partial charge in [0.25, 0.3) is 0 Å². The molecule has 10 aliphatic rings. The third-order valence-corrected chi connectivity index (χ3v) is 18.9. The highest BCUT2D eigenvalue weighted by atomic mass is 15.3. The third-order valence-electron chi connectivity index (χ3n) is 18.9. The van der Waals surface area contributed by atoms with Crippen molar-refractivity contribution in [3.63, 3.8) is 0 Å². The summed E-state index contributed by atoms with van der Waals surface area (Å²) in [5, 5.41) is 0. The Kier molecular flexibility index (Phi) is 1.26. The van der Waals surface area contributed by atoms with E-state index < -0.39 is 0 Å². The van der Waals surface area contributed by atoms with Gasteiger partial charge in [-0.3, -0.25) is 0 Å². The molecule has 10 aliphatic carbocycles. The molecule has 0 unspecified atom stereocenters. The molecule has 4 spiro atoms. The molecule has 0 saturated heterocycles. The van der Waals surface area contributed by atoms with Crippen molar-refractivity contribution in [1.82, 2.24) is 0 Å². The average molecular weight is 361 g/mol. The third kappa shape index (κ3) is 0.447. The molecule has 0 bridgehead atoms. The summed E-state index contributed by atoms with van der Waals surface area (Å²) in [5.74, 6) is 7.77. The summed E-state index contributed by atoms with van der Waals surface area (Å²) in [6, 6.07) is 0. The van der Waals surface area contributed by atoms with Gasteiger partial charge in [-0.1, -0.05) is 62.3 Å². The number of hydrogen-bond donors (Lipinski definition) is 0. The van der Waals surface area contributed by atoms with Crippen molar-refractivity contribution in [3.8, 4) is 0 Å². The molecule has 27 heavy (non-hydrogen) atoms. The highest BCUT2D eigenvalue weighted by Gasteiger charge is 3.32. The first-order valence-corrected chi connectivity index (χ1v) is 12.4. The fraction of sp³-hybridized carbons (Fsp3) is 1.00.